The average molecular weight is 381 g/mol. The lowest BCUT2D eigenvalue weighted by Crippen LogP contribution is -2.43. The van der Waals surface area contributed by atoms with Crippen molar-refractivity contribution in [3.8, 4) is 17.2 Å². The molecular weight excluding hydrogens is 355 g/mol. The van der Waals surface area contributed by atoms with Crippen LogP contribution >= 0.6 is 24.8 Å². The smallest absolute Gasteiger partial charge is 0.170 e. The highest BCUT2D eigenvalue weighted by Crippen LogP contribution is 2.34. The van der Waals surface area contributed by atoms with Crippen LogP contribution in [0, 0.1) is 0 Å². The molecule has 6 nitrogen and oxygen atoms in total. The third kappa shape index (κ3) is 6.02. The highest BCUT2D eigenvalue weighted by molar-refractivity contribution is 6.01. The van der Waals surface area contributed by atoms with Crippen LogP contribution in [0.1, 0.15) is 23.2 Å². The topological polar surface area (TPSA) is 71.0 Å². The first-order valence-corrected chi connectivity index (χ1v) is 7.57. The highest BCUT2D eigenvalue weighted by atomic mass is 35.5. The molecule has 0 aliphatic carbocycles. The van der Waals surface area contributed by atoms with Gasteiger partial charge in [-0.1, -0.05) is 0 Å². The van der Waals surface area contributed by atoms with E-state index in [1.54, 1.807) is 6.07 Å². The number of carbonyl (C=O) groups excluding carboxylic acids is 1. The van der Waals surface area contributed by atoms with E-state index in [0.29, 0.717) is 17.9 Å². The van der Waals surface area contributed by atoms with Gasteiger partial charge in [-0.05, 0) is 13.0 Å². The number of Topliss-reactive ketones (excluding diaryl/α,β-unsaturated/α-hetero) is 1. The molecule has 0 unspecified atom stereocenters. The van der Waals surface area contributed by atoms with Gasteiger partial charge in [-0.25, -0.2) is 0 Å². The first-order chi connectivity index (χ1) is 10.7. The number of nitrogens with one attached hydrogen (secondary N) is 1. The van der Waals surface area contributed by atoms with Crippen molar-refractivity contribution in [2.45, 2.75) is 12.8 Å². The van der Waals surface area contributed by atoms with Crippen LogP contribution in [0.15, 0.2) is 12.1 Å². The minimum Gasteiger partial charge on any atom is -0.507 e. The molecule has 1 heterocycles. The number of phenols is 1. The van der Waals surface area contributed by atoms with E-state index in [1.807, 2.05) is 0 Å². The number of carbonyl (C=O) groups is 1. The van der Waals surface area contributed by atoms with Gasteiger partial charge in [0.1, 0.15) is 22.8 Å². The zero-order valence-electron chi connectivity index (χ0n) is 14.0. The van der Waals surface area contributed by atoms with Crippen LogP contribution in [0.25, 0.3) is 0 Å². The van der Waals surface area contributed by atoms with Crippen molar-refractivity contribution in [1.29, 1.82) is 0 Å². The van der Waals surface area contributed by atoms with Crippen molar-refractivity contribution in [3.05, 3.63) is 17.7 Å². The molecule has 1 aromatic rings. The molecule has 0 spiro atoms. The summed E-state index contributed by atoms with van der Waals surface area (Å²) in [6.45, 7) is 4.94. The molecule has 0 bridgehead atoms. The molecule has 2 N–H and O–H groups in total. The van der Waals surface area contributed by atoms with E-state index in [1.165, 1.54) is 20.3 Å². The Kier molecular flexibility index (Phi) is 10.8. The van der Waals surface area contributed by atoms with E-state index in [2.05, 4.69) is 10.2 Å². The summed E-state index contributed by atoms with van der Waals surface area (Å²) in [4.78, 5) is 14.7. The lowest BCUT2D eigenvalue weighted by Gasteiger charge is -2.26. The van der Waals surface area contributed by atoms with Gasteiger partial charge in [0.15, 0.2) is 5.78 Å². The van der Waals surface area contributed by atoms with Crippen LogP contribution in [0.5, 0.6) is 17.2 Å². The number of nitrogens with zero attached hydrogens (tertiary/aromatic N) is 1. The molecule has 0 aromatic heterocycles. The Hall–Kier alpha value is -1.21. The number of ether oxygens (including phenoxy) is 2. The SMILES string of the molecule is COc1cc(O)c(C(=O)CCCN2CCNCC2)c(OC)c1.Cl.Cl. The van der Waals surface area contributed by atoms with Crippen molar-refractivity contribution in [3.63, 3.8) is 0 Å². The molecule has 0 radical (unpaired) electrons. The lowest BCUT2D eigenvalue weighted by atomic mass is 10.0. The van der Waals surface area contributed by atoms with Gasteiger partial charge in [-0.3, -0.25) is 4.79 Å². The second kappa shape index (κ2) is 11.4. The summed E-state index contributed by atoms with van der Waals surface area (Å²) in [5.41, 5.74) is 0.239. The molecule has 0 atom stereocenters. The number of phenolic OH excluding ortho intramolecular Hbond substituents is 1. The number of methoxy groups -OCH3 is 2. The molecule has 1 saturated heterocycles. The Balaban J connectivity index is 0.00000264. The van der Waals surface area contributed by atoms with Crippen LogP contribution < -0.4 is 14.8 Å². The Morgan fingerprint density at radius 3 is 2.46 bits per heavy atom. The summed E-state index contributed by atoms with van der Waals surface area (Å²) >= 11 is 0. The largest absolute Gasteiger partial charge is 0.507 e. The summed E-state index contributed by atoms with van der Waals surface area (Å²) in [5.74, 6) is 0.617. The van der Waals surface area contributed by atoms with E-state index in [9.17, 15) is 9.90 Å². The minimum atomic E-state index is -0.105. The Bertz CT molecular complexity index is 523. The van der Waals surface area contributed by atoms with E-state index >= 15 is 0 Å². The molecule has 1 fully saturated rings. The van der Waals surface area contributed by atoms with Gasteiger partial charge in [0, 0.05) is 44.7 Å². The average Bonchev–Trinajstić information content (AvgIpc) is 2.54. The minimum absolute atomic E-state index is 0. The van der Waals surface area contributed by atoms with Gasteiger partial charge in [0.05, 0.1) is 14.2 Å². The second-order valence-electron chi connectivity index (χ2n) is 5.34. The summed E-state index contributed by atoms with van der Waals surface area (Å²) in [6, 6.07) is 3.05. The fraction of sp³-hybridized carbons (Fsp3) is 0.562. The number of rotatable bonds is 7. The van der Waals surface area contributed by atoms with Crippen molar-refractivity contribution >= 4 is 30.6 Å². The van der Waals surface area contributed by atoms with E-state index in [-0.39, 0.29) is 41.9 Å². The number of aromatic hydroxyl groups is 1. The maximum Gasteiger partial charge on any atom is 0.170 e. The van der Waals surface area contributed by atoms with Crippen molar-refractivity contribution < 1.29 is 19.4 Å². The molecule has 1 aromatic carbocycles. The van der Waals surface area contributed by atoms with Crippen LogP contribution in [-0.2, 0) is 0 Å². The molecule has 1 aliphatic rings. The number of ketones is 1. The number of piperazine rings is 1. The first kappa shape index (κ1) is 22.8. The molecule has 24 heavy (non-hydrogen) atoms. The first-order valence-electron chi connectivity index (χ1n) is 7.57. The molecular formula is C16H26Cl2N2O4. The maximum atomic E-state index is 12.4. The quantitative estimate of drug-likeness (QED) is 0.706. The van der Waals surface area contributed by atoms with Crippen molar-refractivity contribution in [2.24, 2.45) is 0 Å². The molecule has 1 aliphatic heterocycles. The van der Waals surface area contributed by atoms with Crippen LogP contribution in [0.4, 0.5) is 0 Å². The predicted octanol–water partition coefficient (Wildman–Crippen LogP) is 2.12. The molecule has 0 amide bonds. The highest BCUT2D eigenvalue weighted by Gasteiger charge is 2.19. The van der Waals surface area contributed by atoms with Gasteiger partial charge in [-0.2, -0.15) is 0 Å². The number of halogens is 2. The van der Waals surface area contributed by atoms with Crippen LogP contribution in [0.2, 0.25) is 0 Å². The second-order valence-corrected chi connectivity index (χ2v) is 5.34. The lowest BCUT2D eigenvalue weighted by molar-refractivity contribution is 0.0968. The van der Waals surface area contributed by atoms with Crippen LogP contribution in [0.3, 0.4) is 0 Å². The van der Waals surface area contributed by atoms with E-state index < -0.39 is 0 Å². The summed E-state index contributed by atoms with van der Waals surface area (Å²) in [6.07, 6.45) is 1.16. The monoisotopic (exact) mass is 380 g/mol. The van der Waals surface area contributed by atoms with Gasteiger partial charge < -0.3 is 24.8 Å². The molecule has 0 saturated carbocycles. The zero-order valence-corrected chi connectivity index (χ0v) is 15.7. The van der Waals surface area contributed by atoms with Gasteiger partial charge in [0.25, 0.3) is 0 Å². The third-order valence-corrected chi connectivity index (χ3v) is 3.88. The van der Waals surface area contributed by atoms with Crippen molar-refractivity contribution in [1.82, 2.24) is 10.2 Å². The molecule has 8 heteroatoms. The van der Waals surface area contributed by atoms with E-state index in [0.717, 1.165) is 39.1 Å². The number of hydrogen-bond donors (Lipinski definition) is 2. The Labute approximate surface area is 155 Å². The van der Waals surface area contributed by atoms with Crippen LogP contribution in [-0.4, -0.2) is 62.7 Å². The fourth-order valence-electron chi connectivity index (χ4n) is 2.66. The molecule has 138 valence electrons. The van der Waals surface area contributed by atoms with Gasteiger partial charge >= 0.3 is 0 Å². The fourth-order valence-corrected chi connectivity index (χ4v) is 2.66. The van der Waals surface area contributed by atoms with Gasteiger partial charge in [0.2, 0.25) is 0 Å². The normalized spacial score (nSPS) is 14.2. The Morgan fingerprint density at radius 1 is 1.21 bits per heavy atom. The maximum absolute atomic E-state index is 12.4. The Morgan fingerprint density at radius 2 is 1.88 bits per heavy atom. The third-order valence-electron chi connectivity index (χ3n) is 3.88. The zero-order chi connectivity index (χ0) is 15.9. The standard InChI is InChI=1S/C16H24N2O4.2ClH/c1-21-12-10-14(20)16(15(11-12)22-2)13(19)4-3-7-18-8-5-17-6-9-18;;/h10-11,17,20H,3-9H2,1-2H3;2*1H. The summed E-state index contributed by atoms with van der Waals surface area (Å²) in [7, 11) is 2.98. The van der Waals surface area contributed by atoms with Crippen molar-refractivity contribution in [2.75, 3.05) is 46.9 Å². The summed E-state index contributed by atoms with van der Waals surface area (Å²) < 4.78 is 10.3. The number of hydrogen-bond acceptors (Lipinski definition) is 6. The summed E-state index contributed by atoms with van der Waals surface area (Å²) in [5, 5.41) is 13.4. The number of benzene rings is 1. The van der Waals surface area contributed by atoms with Gasteiger partial charge in [-0.15, -0.1) is 24.8 Å². The molecule has 2 rings (SSSR count). The predicted molar refractivity (Wildman–Crippen MR) is 98.6 cm³/mol. The van der Waals surface area contributed by atoms with E-state index in [4.69, 9.17) is 9.47 Å².